The van der Waals surface area contributed by atoms with Crippen LogP contribution in [-0.4, -0.2) is 24.3 Å². The van der Waals surface area contributed by atoms with Crippen molar-refractivity contribution >= 4 is 5.97 Å². The van der Waals surface area contributed by atoms with E-state index in [4.69, 9.17) is 4.74 Å². The quantitative estimate of drug-likeness (QED) is 0.850. The molecule has 104 valence electrons. The van der Waals surface area contributed by atoms with E-state index in [0.29, 0.717) is 12.2 Å². The summed E-state index contributed by atoms with van der Waals surface area (Å²) in [7, 11) is 0. The number of rotatable bonds is 5. The van der Waals surface area contributed by atoms with E-state index in [0.717, 1.165) is 11.1 Å². The summed E-state index contributed by atoms with van der Waals surface area (Å²) in [6.07, 6.45) is 0. The van der Waals surface area contributed by atoms with Gasteiger partial charge in [0.25, 0.3) is 0 Å². The van der Waals surface area contributed by atoms with E-state index in [1.165, 1.54) is 0 Å². The molecule has 0 amide bonds. The number of aliphatic hydroxyl groups excluding tert-OH is 1. The normalized spacial score (nSPS) is 11.9. The van der Waals surface area contributed by atoms with Crippen LogP contribution in [0.5, 0.6) is 0 Å². The summed E-state index contributed by atoms with van der Waals surface area (Å²) in [4.78, 5) is 11.8. The van der Waals surface area contributed by atoms with Gasteiger partial charge in [0.15, 0.2) is 0 Å². The minimum atomic E-state index is -0.334. The highest BCUT2D eigenvalue weighted by Gasteiger charge is 2.15. The van der Waals surface area contributed by atoms with Gasteiger partial charge in [-0.15, -0.1) is 0 Å². The average molecular weight is 270 g/mol. The summed E-state index contributed by atoms with van der Waals surface area (Å²) >= 11 is 0. The minimum absolute atomic E-state index is 0.00368. The number of hydrogen-bond donors (Lipinski definition) is 1. The third-order valence-corrected chi connectivity index (χ3v) is 3.18. The van der Waals surface area contributed by atoms with E-state index in [1.807, 2.05) is 42.5 Å². The summed E-state index contributed by atoms with van der Waals surface area (Å²) in [5.41, 5.74) is 2.44. The van der Waals surface area contributed by atoms with Crippen LogP contribution in [0.4, 0.5) is 0 Å². The van der Waals surface area contributed by atoms with Crippen molar-refractivity contribution < 1.29 is 14.6 Å². The van der Waals surface area contributed by atoms with Crippen molar-refractivity contribution in [3.63, 3.8) is 0 Å². The number of esters is 1. The molecule has 0 aliphatic heterocycles. The van der Waals surface area contributed by atoms with Gasteiger partial charge >= 0.3 is 5.97 Å². The van der Waals surface area contributed by atoms with Crippen LogP contribution in [0.2, 0.25) is 0 Å². The highest BCUT2D eigenvalue weighted by Crippen LogP contribution is 2.24. The molecule has 20 heavy (non-hydrogen) atoms. The molecule has 3 nitrogen and oxygen atoms in total. The fourth-order valence-corrected chi connectivity index (χ4v) is 2.19. The lowest BCUT2D eigenvalue weighted by atomic mass is 9.91. The minimum Gasteiger partial charge on any atom is -0.462 e. The predicted octanol–water partition coefficient (Wildman–Crippen LogP) is 2.99. The maximum absolute atomic E-state index is 11.8. The molecule has 0 radical (unpaired) electrons. The van der Waals surface area contributed by atoms with Gasteiger partial charge in [-0.1, -0.05) is 42.5 Å². The van der Waals surface area contributed by atoms with Crippen molar-refractivity contribution in [2.75, 3.05) is 13.2 Å². The largest absolute Gasteiger partial charge is 0.462 e. The maximum Gasteiger partial charge on any atom is 0.338 e. The van der Waals surface area contributed by atoms with E-state index in [2.05, 4.69) is 0 Å². The zero-order valence-corrected chi connectivity index (χ0v) is 11.5. The van der Waals surface area contributed by atoms with Crippen LogP contribution in [0.25, 0.3) is 0 Å². The Hall–Kier alpha value is -2.13. The molecule has 2 aromatic carbocycles. The Bertz CT molecular complexity index is 563. The molecule has 1 atom stereocenters. The van der Waals surface area contributed by atoms with Crippen LogP contribution in [0.1, 0.15) is 34.3 Å². The zero-order chi connectivity index (χ0) is 14.4. The lowest BCUT2D eigenvalue weighted by molar-refractivity contribution is 0.0526. The Morgan fingerprint density at radius 3 is 2.45 bits per heavy atom. The Balaban J connectivity index is 2.31. The standard InChI is InChI=1S/C17H18O3/c1-2-20-17(19)15-10-6-9-14(11-15)16(12-18)13-7-4-3-5-8-13/h3-11,16,18H,2,12H2,1H3. The molecule has 0 bridgehead atoms. The van der Waals surface area contributed by atoms with E-state index in [-0.39, 0.29) is 18.5 Å². The maximum atomic E-state index is 11.8. The van der Waals surface area contributed by atoms with Gasteiger partial charge in [-0.25, -0.2) is 4.79 Å². The smallest absolute Gasteiger partial charge is 0.338 e. The molecule has 0 fully saturated rings. The van der Waals surface area contributed by atoms with Crippen LogP contribution in [-0.2, 0) is 4.74 Å². The third kappa shape index (κ3) is 3.25. The van der Waals surface area contributed by atoms with Gasteiger partial charge in [0, 0.05) is 5.92 Å². The Kier molecular flexibility index (Phi) is 4.91. The third-order valence-electron chi connectivity index (χ3n) is 3.18. The number of aliphatic hydroxyl groups is 1. The molecule has 2 aromatic rings. The van der Waals surface area contributed by atoms with Gasteiger partial charge in [-0.05, 0) is 30.2 Å². The number of carbonyl (C=O) groups excluding carboxylic acids is 1. The van der Waals surface area contributed by atoms with Crippen LogP contribution < -0.4 is 0 Å². The lowest BCUT2D eigenvalue weighted by Gasteiger charge is -2.16. The van der Waals surface area contributed by atoms with Gasteiger partial charge in [0.05, 0.1) is 18.8 Å². The van der Waals surface area contributed by atoms with Crippen molar-refractivity contribution in [1.82, 2.24) is 0 Å². The molecule has 2 rings (SSSR count). The summed E-state index contributed by atoms with van der Waals surface area (Å²) in [5, 5.41) is 9.65. The van der Waals surface area contributed by atoms with Gasteiger partial charge in [0.1, 0.15) is 0 Å². The highest BCUT2D eigenvalue weighted by molar-refractivity contribution is 5.89. The average Bonchev–Trinajstić information content (AvgIpc) is 2.50. The molecule has 0 saturated carbocycles. The second-order valence-corrected chi connectivity index (χ2v) is 4.49. The highest BCUT2D eigenvalue weighted by atomic mass is 16.5. The van der Waals surface area contributed by atoms with E-state index in [9.17, 15) is 9.90 Å². The van der Waals surface area contributed by atoms with Gasteiger partial charge < -0.3 is 9.84 Å². The predicted molar refractivity (Wildman–Crippen MR) is 77.8 cm³/mol. The van der Waals surface area contributed by atoms with Crippen molar-refractivity contribution in [2.24, 2.45) is 0 Å². The van der Waals surface area contributed by atoms with Crippen LogP contribution in [0.3, 0.4) is 0 Å². The number of benzene rings is 2. The lowest BCUT2D eigenvalue weighted by Crippen LogP contribution is -2.09. The molecule has 0 saturated heterocycles. The second kappa shape index (κ2) is 6.87. The fraction of sp³-hybridized carbons (Fsp3) is 0.235. The Morgan fingerprint density at radius 1 is 1.10 bits per heavy atom. The van der Waals surface area contributed by atoms with Gasteiger partial charge in [-0.2, -0.15) is 0 Å². The van der Waals surface area contributed by atoms with Crippen molar-refractivity contribution in [3.05, 3.63) is 71.3 Å². The van der Waals surface area contributed by atoms with Crippen molar-refractivity contribution in [1.29, 1.82) is 0 Å². The van der Waals surface area contributed by atoms with E-state index >= 15 is 0 Å². The monoisotopic (exact) mass is 270 g/mol. The molecule has 0 aromatic heterocycles. The van der Waals surface area contributed by atoms with E-state index < -0.39 is 0 Å². The van der Waals surface area contributed by atoms with Crippen molar-refractivity contribution in [3.8, 4) is 0 Å². The topological polar surface area (TPSA) is 46.5 Å². The fourth-order valence-electron chi connectivity index (χ4n) is 2.19. The molecule has 1 N–H and O–H groups in total. The summed E-state index contributed by atoms with van der Waals surface area (Å²) in [6.45, 7) is 2.13. The Labute approximate surface area is 118 Å². The zero-order valence-electron chi connectivity index (χ0n) is 11.5. The van der Waals surface area contributed by atoms with Gasteiger partial charge in [0.2, 0.25) is 0 Å². The first-order valence-corrected chi connectivity index (χ1v) is 6.69. The first-order valence-electron chi connectivity index (χ1n) is 6.69. The summed E-state index contributed by atoms with van der Waals surface area (Å²) in [5.74, 6) is -0.468. The van der Waals surface area contributed by atoms with Crippen LogP contribution in [0.15, 0.2) is 54.6 Å². The molecule has 0 spiro atoms. The Morgan fingerprint density at radius 2 is 1.80 bits per heavy atom. The molecule has 0 aliphatic carbocycles. The SMILES string of the molecule is CCOC(=O)c1cccc(C(CO)c2ccccc2)c1. The number of carbonyl (C=O) groups is 1. The first-order chi connectivity index (χ1) is 9.76. The number of hydrogen-bond acceptors (Lipinski definition) is 3. The van der Waals surface area contributed by atoms with Crippen molar-refractivity contribution in [2.45, 2.75) is 12.8 Å². The summed E-state index contributed by atoms with van der Waals surface area (Å²) in [6, 6.07) is 17.0. The molecule has 1 unspecified atom stereocenters. The number of ether oxygens (including phenoxy) is 1. The molecule has 0 aliphatic rings. The second-order valence-electron chi connectivity index (χ2n) is 4.49. The molecular formula is C17H18O3. The summed E-state index contributed by atoms with van der Waals surface area (Å²) < 4.78 is 5.00. The van der Waals surface area contributed by atoms with E-state index in [1.54, 1.807) is 19.1 Å². The van der Waals surface area contributed by atoms with Crippen LogP contribution in [0, 0.1) is 0 Å². The van der Waals surface area contributed by atoms with Gasteiger partial charge in [-0.3, -0.25) is 0 Å². The first kappa shape index (κ1) is 14.3. The van der Waals surface area contributed by atoms with Crippen LogP contribution >= 0.6 is 0 Å². The molecule has 0 heterocycles. The molecular weight excluding hydrogens is 252 g/mol. The molecule has 3 heteroatoms.